The minimum atomic E-state index is -0.350. The van der Waals surface area contributed by atoms with Gasteiger partial charge in [0.15, 0.2) is 11.5 Å². The summed E-state index contributed by atoms with van der Waals surface area (Å²) in [4.78, 5) is 11.7. The summed E-state index contributed by atoms with van der Waals surface area (Å²) in [6.45, 7) is 6.32. The number of amides is 1. The van der Waals surface area contributed by atoms with Crippen LogP contribution in [0.4, 0.5) is 0 Å². The fourth-order valence-electron chi connectivity index (χ4n) is 1.62. The van der Waals surface area contributed by atoms with Gasteiger partial charge in [-0.05, 0) is 24.1 Å². The number of nitrogens with one attached hydrogen (secondary N) is 1. The fraction of sp³-hybridized carbons (Fsp3) is 0.533. The Hall–Kier alpha value is -1.71. The fourth-order valence-corrected chi connectivity index (χ4v) is 1.62. The van der Waals surface area contributed by atoms with Crippen LogP contribution in [-0.2, 0) is 11.2 Å². The van der Waals surface area contributed by atoms with Crippen LogP contribution in [0.15, 0.2) is 18.2 Å². The summed E-state index contributed by atoms with van der Waals surface area (Å²) in [5.41, 5.74) is 0.754. The van der Waals surface area contributed by atoms with Gasteiger partial charge in [-0.25, -0.2) is 0 Å². The van der Waals surface area contributed by atoms with Crippen molar-refractivity contribution in [2.24, 2.45) is 5.41 Å². The SMILES string of the molecule is COc1ccc(CCNC(=O)C(C)(C)C)cc1OC. The maximum absolute atomic E-state index is 11.7. The number of rotatable bonds is 5. The zero-order valence-electron chi connectivity index (χ0n) is 12.4. The van der Waals surface area contributed by atoms with E-state index in [9.17, 15) is 4.79 Å². The van der Waals surface area contributed by atoms with Crippen molar-refractivity contribution in [2.45, 2.75) is 27.2 Å². The summed E-state index contributed by atoms with van der Waals surface area (Å²) >= 11 is 0. The summed E-state index contributed by atoms with van der Waals surface area (Å²) in [7, 11) is 3.23. The van der Waals surface area contributed by atoms with Crippen LogP contribution in [0.1, 0.15) is 26.3 Å². The molecule has 0 heterocycles. The number of ether oxygens (including phenoxy) is 2. The van der Waals surface area contributed by atoms with Crippen LogP contribution in [0.25, 0.3) is 0 Å². The van der Waals surface area contributed by atoms with Gasteiger partial charge in [0, 0.05) is 12.0 Å². The molecule has 0 saturated carbocycles. The second-order valence-corrected chi connectivity index (χ2v) is 5.45. The first-order chi connectivity index (χ1) is 8.88. The lowest BCUT2D eigenvalue weighted by Crippen LogP contribution is -2.35. The van der Waals surface area contributed by atoms with Gasteiger partial charge >= 0.3 is 0 Å². The lowest BCUT2D eigenvalue weighted by Gasteiger charge is -2.17. The number of benzene rings is 1. The van der Waals surface area contributed by atoms with Gasteiger partial charge in [-0.1, -0.05) is 26.8 Å². The second kappa shape index (κ2) is 6.45. The Morgan fingerprint density at radius 3 is 2.32 bits per heavy atom. The second-order valence-electron chi connectivity index (χ2n) is 5.45. The van der Waals surface area contributed by atoms with Gasteiger partial charge in [0.25, 0.3) is 0 Å². The van der Waals surface area contributed by atoms with Crippen LogP contribution in [0.2, 0.25) is 0 Å². The van der Waals surface area contributed by atoms with Gasteiger partial charge in [0.05, 0.1) is 14.2 Å². The Morgan fingerprint density at radius 2 is 1.79 bits per heavy atom. The molecule has 0 bridgehead atoms. The van der Waals surface area contributed by atoms with Crippen molar-refractivity contribution in [1.82, 2.24) is 5.32 Å². The van der Waals surface area contributed by atoms with E-state index in [0.29, 0.717) is 18.0 Å². The third-order valence-electron chi connectivity index (χ3n) is 2.83. The molecule has 1 N–H and O–H groups in total. The smallest absolute Gasteiger partial charge is 0.225 e. The lowest BCUT2D eigenvalue weighted by molar-refractivity contribution is -0.128. The predicted octanol–water partition coefficient (Wildman–Crippen LogP) is 2.41. The van der Waals surface area contributed by atoms with Crippen LogP contribution < -0.4 is 14.8 Å². The highest BCUT2D eigenvalue weighted by molar-refractivity contribution is 5.81. The van der Waals surface area contributed by atoms with Gasteiger partial charge in [-0.15, -0.1) is 0 Å². The zero-order chi connectivity index (χ0) is 14.5. The summed E-state index contributed by atoms with van der Waals surface area (Å²) < 4.78 is 10.4. The number of carbonyl (C=O) groups is 1. The van der Waals surface area contributed by atoms with Crippen LogP contribution in [-0.4, -0.2) is 26.7 Å². The van der Waals surface area contributed by atoms with E-state index in [4.69, 9.17) is 9.47 Å². The molecule has 0 saturated heterocycles. The molecule has 0 atom stereocenters. The summed E-state index contributed by atoms with van der Waals surface area (Å²) in [6, 6.07) is 5.78. The highest BCUT2D eigenvalue weighted by Crippen LogP contribution is 2.27. The monoisotopic (exact) mass is 265 g/mol. The molecule has 0 aliphatic heterocycles. The van der Waals surface area contributed by atoms with Crippen molar-refractivity contribution < 1.29 is 14.3 Å². The summed E-state index contributed by atoms with van der Waals surface area (Å²) in [5.74, 6) is 1.49. The molecule has 0 fully saturated rings. The third-order valence-corrected chi connectivity index (χ3v) is 2.83. The largest absolute Gasteiger partial charge is 0.493 e. The quantitative estimate of drug-likeness (QED) is 0.889. The molecule has 1 amide bonds. The lowest BCUT2D eigenvalue weighted by atomic mass is 9.95. The molecule has 4 nitrogen and oxygen atoms in total. The minimum Gasteiger partial charge on any atom is -0.493 e. The average molecular weight is 265 g/mol. The van der Waals surface area contributed by atoms with Crippen molar-refractivity contribution in [2.75, 3.05) is 20.8 Å². The Morgan fingerprint density at radius 1 is 1.16 bits per heavy atom. The molecule has 0 radical (unpaired) electrons. The Kier molecular flexibility index (Phi) is 5.21. The number of hydrogen-bond donors (Lipinski definition) is 1. The highest BCUT2D eigenvalue weighted by atomic mass is 16.5. The predicted molar refractivity (Wildman–Crippen MR) is 75.7 cm³/mol. The molecule has 4 heteroatoms. The maximum atomic E-state index is 11.7. The van der Waals surface area contributed by atoms with E-state index in [1.165, 1.54) is 0 Å². The average Bonchev–Trinajstić information content (AvgIpc) is 2.37. The molecule has 1 rings (SSSR count). The Labute approximate surface area is 115 Å². The van der Waals surface area contributed by atoms with Crippen molar-refractivity contribution in [1.29, 1.82) is 0 Å². The first kappa shape index (κ1) is 15.3. The summed E-state index contributed by atoms with van der Waals surface area (Å²) in [5, 5.41) is 2.93. The molecular weight excluding hydrogens is 242 g/mol. The van der Waals surface area contributed by atoms with E-state index >= 15 is 0 Å². The molecule has 106 valence electrons. The first-order valence-corrected chi connectivity index (χ1v) is 6.37. The molecule has 1 aromatic rings. The van der Waals surface area contributed by atoms with Gasteiger partial charge in [-0.3, -0.25) is 4.79 Å². The van der Waals surface area contributed by atoms with E-state index < -0.39 is 0 Å². The molecule has 0 aliphatic carbocycles. The van der Waals surface area contributed by atoms with Crippen molar-refractivity contribution in [3.63, 3.8) is 0 Å². The van der Waals surface area contributed by atoms with E-state index in [-0.39, 0.29) is 11.3 Å². The maximum Gasteiger partial charge on any atom is 0.225 e. The van der Waals surface area contributed by atoms with Crippen molar-refractivity contribution in [3.8, 4) is 11.5 Å². The normalized spacial score (nSPS) is 11.0. The first-order valence-electron chi connectivity index (χ1n) is 6.37. The van der Waals surface area contributed by atoms with E-state index in [1.807, 2.05) is 39.0 Å². The van der Waals surface area contributed by atoms with Gasteiger partial charge < -0.3 is 14.8 Å². The molecule has 0 spiro atoms. The molecule has 19 heavy (non-hydrogen) atoms. The van der Waals surface area contributed by atoms with E-state index in [2.05, 4.69) is 5.32 Å². The van der Waals surface area contributed by atoms with Crippen LogP contribution >= 0.6 is 0 Å². The zero-order valence-corrected chi connectivity index (χ0v) is 12.4. The van der Waals surface area contributed by atoms with Crippen molar-refractivity contribution >= 4 is 5.91 Å². The van der Waals surface area contributed by atoms with E-state index in [0.717, 1.165) is 12.0 Å². The van der Waals surface area contributed by atoms with Crippen molar-refractivity contribution in [3.05, 3.63) is 23.8 Å². The topological polar surface area (TPSA) is 47.6 Å². The molecule has 0 unspecified atom stereocenters. The van der Waals surface area contributed by atoms with Crippen LogP contribution in [0.5, 0.6) is 11.5 Å². The third kappa shape index (κ3) is 4.47. The standard InChI is InChI=1S/C15H23NO3/c1-15(2,3)14(17)16-9-8-11-6-7-12(18-4)13(10-11)19-5/h6-7,10H,8-9H2,1-5H3,(H,16,17). The number of methoxy groups -OCH3 is 2. The minimum absolute atomic E-state index is 0.0629. The molecule has 0 aliphatic rings. The molecule has 0 aromatic heterocycles. The molecule has 1 aromatic carbocycles. The van der Waals surface area contributed by atoms with Gasteiger partial charge in [0.2, 0.25) is 5.91 Å². The van der Waals surface area contributed by atoms with Gasteiger partial charge in [-0.2, -0.15) is 0 Å². The highest BCUT2D eigenvalue weighted by Gasteiger charge is 2.20. The number of carbonyl (C=O) groups excluding carboxylic acids is 1. The Balaban J connectivity index is 2.57. The van der Waals surface area contributed by atoms with Gasteiger partial charge in [0.1, 0.15) is 0 Å². The van der Waals surface area contributed by atoms with Crippen LogP contribution in [0.3, 0.4) is 0 Å². The summed E-state index contributed by atoms with van der Waals surface area (Å²) in [6.07, 6.45) is 0.766. The van der Waals surface area contributed by atoms with Crippen LogP contribution in [0, 0.1) is 5.41 Å². The molecular formula is C15H23NO3. The number of hydrogen-bond acceptors (Lipinski definition) is 3. The van der Waals surface area contributed by atoms with E-state index in [1.54, 1.807) is 14.2 Å². The Bertz CT molecular complexity index is 436.